The Morgan fingerprint density at radius 1 is 1.24 bits per heavy atom. The minimum Gasteiger partial charge on any atom is -0.481 e. The van der Waals surface area contributed by atoms with Crippen LogP contribution in [0.2, 0.25) is 0 Å². The fourth-order valence-electron chi connectivity index (χ4n) is 3.89. The first-order valence-electron chi connectivity index (χ1n) is 8.07. The van der Waals surface area contributed by atoms with Crippen molar-refractivity contribution in [2.24, 2.45) is 23.7 Å². The number of hydrogen-bond donors (Lipinski definition) is 1. The summed E-state index contributed by atoms with van der Waals surface area (Å²) in [5.74, 6) is -0.813. The van der Waals surface area contributed by atoms with E-state index < -0.39 is 11.9 Å². The Balaban J connectivity index is 2.02. The van der Waals surface area contributed by atoms with Crippen molar-refractivity contribution in [3.05, 3.63) is 0 Å². The Bertz CT molecular complexity index is 382. The van der Waals surface area contributed by atoms with Crippen LogP contribution in [-0.2, 0) is 14.3 Å². The van der Waals surface area contributed by atoms with E-state index in [1.165, 1.54) is 0 Å². The van der Waals surface area contributed by atoms with Gasteiger partial charge in [-0.3, -0.25) is 9.59 Å². The van der Waals surface area contributed by atoms with Crippen molar-refractivity contribution in [3.8, 4) is 0 Å². The van der Waals surface area contributed by atoms with Crippen molar-refractivity contribution < 1.29 is 19.4 Å². The molecule has 1 N–H and O–H groups in total. The maximum atomic E-state index is 12.7. The van der Waals surface area contributed by atoms with Crippen molar-refractivity contribution in [2.75, 3.05) is 26.8 Å². The highest BCUT2D eigenvalue weighted by Gasteiger charge is 2.44. The molecule has 1 saturated carbocycles. The summed E-state index contributed by atoms with van der Waals surface area (Å²) in [7, 11) is 1.68. The Kier molecular flexibility index (Phi) is 5.62. The molecule has 0 aromatic carbocycles. The van der Waals surface area contributed by atoms with Crippen LogP contribution in [0.3, 0.4) is 0 Å². The molecule has 0 bridgehead atoms. The summed E-state index contributed by atoms with van der Waals surface area (Å²) in [5.41, 5.74) is 0. The number of amides is 1. The van der Waals surface area contributed by atoms with Crippen molar-refractivity contribution >= 4 is 11.9 Å². The first-order chi connectivity index (χ1) is 10.1. The summed E-state index contributed by atoms with van der Waals surface area (Å²) in [6, 6.07) is 0. The average Bonchev–Trinajstić information content (AvgIpc) is 2.91. The largest absolute Gasteiger partial charge is 0.481 e. The molecule has 120 valence electrons. The summed E-state index contributed by atoms with van der Waals surface area (Å²) in [4.78, 5) is 26.1. The average molecular weight is 297 g/mol. The van der Waals surface area contributed by atoms with E-state index in [0.29, 0.717) is 31.4 Å². The normalized spacial score (nSPS) is 33.1. The lowest BCUT2D eigenvalue weighted by molar-refractivity contribution is -0.150. The Hall–Kier alpha value is -1.10. The number of carbonyl (C=O) groups excluding carboxylic acids is 1. The van der Waals surface area contributed by atoms with Crippen LogP contribution >= 0.6 is 0 Å². The van der Waals surface area contributed by atoms with Crippen molar-refractivity contribution in [2.45, 2.75) is 39.0 Å². The quantitative estimate of drug-likeness (QED) is 0.843. The molecule has 2 rings (SSSR count). The van der Waals surface area contributed by atoms with Gasteiger partial charge in [-0.2, -0.15) is 0 Å². The number of aliphatic carboxylic acids is 1. The number of piperidine rings is 1. The summed E-state index contributed by atoms with van der Waals surface area (Å²) < 4.78 is 5.20. The standard InChI is InChI=1S/C16H27NO4/c1-3-11-7-13(14(8-11)16(19)20)15(18)17-6-4-5-12(9-17)10-21-2/h11-14H,3-10H2,1-2H3,(H,19,20)/t11?,12?,13-,14+/m0/s1. The molecule has 0 spiro atoms. The first kappa shape index (κ1) is 16.3. The number of likely N-dealkylation sites (tertiary alicyclic amines) is 1. The van der Waals surface area contributed by atoms with Gasteiger partial charge < -0.3 is 14.7 Å². The van der Waals surface area contributed by atoms with Crippen LogP contribution in [0.4, 0.5) is 0 Å². The van der Waals surface area contributed by atoms with Gasteiger partial charge in [0.2, 0.25) is 5.91 Å². The van der Waals surface area contributed by atoms with E-state index in [0.717, 1.165) is 32.2 Å². The number of carboxylic acids is 1. The van der Waals surface area contributed by atoms with Gasteiger partial charge >= 0.3 is 5.97 Å². The molecule has 5 heteroatoms. The molecule has 5 nitrogen and oxygen atoms in total. The lowest BCUT2D eigenvalue weighted by atomic mass is 9.92. The SMILES string of the molecule is CCC1C[C@H](C(=O)N2CCCC(COC)C2)[C@H](C(=O)O)C1. The lowest BCUT2D eigenvalue weighted by Crippen LogP contribution is -2.45. The summed E-state index contributed by atoms with van der Waals surface area (Å²) in [6.07, 6.45) is 4.42. The van der Waals surface area contributed by atoms with Crippen molar-refractivity contribution in [1.29, 1.82) is 0 Å². The van der Waals surface area contributed by atoms with Gasteiger partial charge in [0.15, 0.2) is 0 Å². The molecule has 2 aliphatic rings. The minimum absolute atomic E-state index is 0.0548. The van der Waals surface area contributed by atoms with Crippen LogP contribution in [0.1, 0.15) is 39.0 Å². The third-order valence-corrected chi connectivity index (χ3v) is 5.11. The van der Waals surface area contributed by atoms with Crippen molar-refractivity contribution in [1.82, 2.24) is 4.90 Å². The zero-order valence-electron chi connectivity index (χ0n) is 13.1. The highest BCUT2D eigenvalue weighted by molar-refractivity contribution is 5.85. The van der Waals surface area contributed by atoms with Crippen LogP contribution in [0.25, 0.3) is 0 Å². The van der Waals surface area contributed by atoms with Gasteiger partial charge in [0.1, 0.15) is 0 Å². The third-order valence-electron chi connectivity index (χ3n) is 5.11. The fourth-order valence-corrected chi connectivity index (χ4v) is 3.89. The molecule has 21 heavy (non-hydrogen) atoms. The molecular weight excluding hydrogens is 270 g/mol. The second kappa shape index (κ2) is 7.25. The van der Waals surface area contributed by atoms with E-state index >= 15 is 0 Å². The van der Waals surface area contributed by atoms with Crippen LogP contribution in [0.5, 0.6) is 0 Å². The molecule has 1 aliphatic heterocycles. The molecule has 2 fully saturated rings. The van der Waals surface area contributed by atoms with E-state index in [1.54, 1.807) is 7.11 Å². The molecule has 1 saturated heterocycles. The molecule has 2 unspecified atom stereocenters. The fraction of sp³-hybridized carbons (Fsp3) is 0.875. The zero-order valence-corrected chi connectivity index (χ0v) is 13.1. The highest BCUT2D eigenvalue weighted by Crippen LogP contribution is 2.39. The van der Waals surface area contributed by atoms with Gasteiger partial charge in [-0.1, -0.05) is 13.3 Å². The Labute approximate surface area is 126 Å². The van der Waals surface area contributed by atoms with E-state index in [2.05, 4.69) is 6.92 Å². The maximum absolute atomic E-state index is 12.7. The molecule has 4 atom stereocenters. The number of hydrogen-bond acceptors (Lipinski definition) is 3. The van der Waals surface area contributed by atoms with Gasteiger partial charge in [0, 0.05) is 20.2 Å². The van der Waals surface area contributed by atoms with Crippen LogP contribution in [0.15, 0.2) is 0 Å². The summed E-state index contributed by atoms with van der Waals surface area (Å²) in [6.45, 7) is 4.23. The molecule has 1 heterocycles. The van der Waals surface area contributed by atoms with Crippen LogP contribution in [0, 0.1) is 23.7 Å². The molecule has 0 radical (unpaired) electrons. The Morgan fingerprint density at radius 2 is 1.95 bits per heavy atom. The molecule has 0 aromatic heterocycles. The number of carbonyl (C=O) groups is 2. The second-order valence-electron chi connectivity index (χ2n) is 6.54. The number of methoxy groups -OCH3 is 1. The third kappa shape index (κ3) is 3.76. The van der Waals surface area contributed by atoms with Gasteiger partial charge in [0.05, 0.1) is 18.4 Å². The molecular formula is C16H27NO4. The van der Waals surface area contributed by atoms with Gasteiger partial charge in [0.25, 0.3) is 0 Å². The van der Waals surface area contributed by atoms with E-state index in [4.69, 9.17) is 4.74 Å². The van der Waals surface area contributed by atoms with Gasteiger partial charge in [-0.25, -0.2) is 0 Å². The Morgan fingerprint density at radius 3 is 2.57 bits per heavy atom. The minimum atomic E-state index is -0.810. The van der Waals surface area contributed by atoms with E-state index in [9.17, 15) is 14.7 Å². The summed E-state index contributed by atoms with van der Waals surface area (Å²) in [5, 5.41) is 9.39. The maximum Gasteiger partial charge on any atom is 0.307 e. The predicted molar refractivity (Wildman–Crippen MR) is 78.8 cm³/mol. The summed E-state index contributed by atoms with van der Waals surface area (Å²) >= 11 is 0. The molecule has 1 amide bonds. The highest BCUT2D eigenvalue weighted by atomic mass is 16.5. The topological polar surface area (TPSA) is 66.8 Å². The van der Waals surface area contributed by atoms with Gasteiger partial charge in [-0.05, 0) is 37.5 Å². The van der Waals surface area contributed by atoms with Crippen LogP contribution in [-0.4, -0.2) is 48.7 Å². The first-order valence-corrected chi connectivity index (χ1v) is 8.07. The van der Waals surface area contributed by atoms with E-state index in [1.807, 2.05) is 4.90 Å². The van der Waals surface area contributed by atoms with Crippen molar-refractivity contribution in [3.63, 3.8) is 0 Å². The second-order valence-corrected chi connectivity index (χ2v) is 6.54. The number of ether oxygens (including phenoxy) is 1. The zero-order chi connectivity index (χ0) is 15.4. The number of carboxylic acid groups (broad SMARTS) is 1. The smallest absolute Gasteiger partial charge is 0.307 e. The van der Waals surface area contributed by atoms with Crippen LogP contribution < -0.4 is 0 Å². The monoisotopic (exact) mass is 297 g/mol. The molecule has 0 aromatic rings. The number of nitrogens with zero attached hydrogens (tertiary/aromatic N) is 1. The molecule has 1 aliphatic carbocycles. The predicted octanol–water partition coefficient (Wildman–Crippen LogP) is 2.01. The number of rotatable bonds is 5. The van der Waals surface area contributed by atoms with E-state index in [-0.39, 0.29) is 11.8 Å². The van der Waals surface area contributed by atoms with Gasteiger partial charge in [-0.15, -0.1) is 0 Å². The lowest BCUT2D eigenvalue weighted by Gasteiger charge is -2.34.